The standard InChI is InChI=1S/C17H18N4O/c1-21-14-6-5-13(10-12(14)4-7-16(21)22)19-15-8-9-18-17(20-15)11-2-3-11/h5-6,8-11H,2-4,7H2,1H3,(H,18,19,20). The number of benzene rings is 1. The third-order valence-corrected chi connectivity index (χ3v) is 4.31. The smallest absolute Gasteiger partial charge is 0.227 e. The maximum atomic E-state index is 11.7. The molecular weight excluding hydrogens is 276 g/mol. The van der Waals surface area contributed by atoms with Gasteiger partial charge < -0.3 is 10.2 Å². The van der Waals surface area contributed by atoms with Crippen molar-refractivity contribution in [3.8, 4) is 0 Å². The topological polar surface area (TPSA) is 58.1 Å². The maximum absolute atomic E-state index is 11.7. The summed E-state index contributed by atoms with van der Waals surface area (Å²) in [5.74, 6) is 2.49. The number of aromatic nitrogens is 2. The van der Waals surface area contributed by atoms with E-state index in [1.165, 1.54) is 18.4 Å². The van der Waals surface area contributed by atoms with Crippen LogP contribution in [0.1, 0.15) is 36.6 Å². The van der Waals surface area contributed by atoms with Gasteiger partial charge in [-0.3, -0.25) is 4.79 Å². The number of amides is 1. The lowest BCUT2D eigenvalue weighted by Crippen LogP contribution is -2.31. The van der Waals surface area contributed by atoms with Crippen LogP contribution in [-0.4, -0.2) is 22.9 Å². The molecule has 1 saturated carbocycles. The van der Waals surface area contributed by atoms with Crippen LogP contribution in [0, 0.1) is 0 Å². The van der Waals surface area contributed by atoms with Gasteiger partial charge in [-0.05, 0) is 49.1 Å². The van der Waals surface area contributed by atoms with Crippen molar-refractivity contribution in [1.29, 1.82) is 0 Å². The molecule has 2 aromatic rings. The quantitative estimate of drug-likeness (QED) is 0.945. The molecule has 1 aromatic carbocycles. The molecule has 0 spiro atoms. The van der Waals surface area contributed by atoms with Gasteiger partial charge in [-0.1, -0.05) is 0 Å². The molecule has 1 aliphatic carbocycles. The van der Waals surface area contributed by atoms with Crippen molar-refractivity contribution in [1.82, 2.24) is 9.97 Å². The minimum absolute atomic E-state index is 0.179. The highest BCUT2D eigenvalue weighted by Crippen LogP contribution is 2.38. The van der Waals surface area contributed by atoms with Crippen LogP contribution in [0.2, 0.25) is 0 Å². The second-order valence-corrected chi connectivity index (χ2v) is 6.00. The van der Waals surface area contributed by atoms with E-state index in [2.05, 4.69) is 21.4 Å². The first kappa shape index (κ1) is 13.2. The summed E-state index contributed by atoms with van der Waals surface area (Å²) in [5.41, 5.74) is 3.20. The van der Waals surface area contributed by atoms with Crippen LogP contribution in [0.25, 0.3) is 0 Å². The predicted octanol–water partition coefficient (Wildman–Crippen LogP) is 3.01. The molecule has 1 N–H and O–H groups in total. The molecule has 2 aliphatic rings. The third-order valence-electron chi connectivity index (χ3n) is 4.31. The van der Waals surface area contributed by atoms with E-state index in [9.17, 15) is 4.79 Å². The van der Waals surface area contributed by atoms with Gasteiger partial charge in [-0.2, -0.15) is 0 Å². The molecule has 0 radical (unpaired) electrons. The fraction of sp³-hybridized carbons (Fsp3) is 0.353. The van der Waals surface area contributed by atoms with Crippen molar-refractivity contribution in [2.24, 2.45) is 0 Å². The molecule has 2 heterocycles. The Bertz CT molecular complexity index is 739. The Morgan fingerprint density at radius 1 is 1.23 bits per heavy atom. The number of hydrogen-bond acceptors (Lipinski definition) is 4. The summed E-state index contributed by atoms with van der Waals surface area (Å²) in [5, 5.41) is 3.35. The Morgan fingerprint density at radius 3 is 2.91 bits per heavy atom. The number of fused-ring (bicyclic) bond motifs is 1. The van der Waals surface area contributed by atoms with Crippen LogP contribution < -0.4 is 10.2 Å². The average Bonchev–Trinajstić information content (AvgIpc) is 3.36. The van der Waals surface area contributed by atoms with Gasteiger partial charge in [0.2, 0.25) is 5.91 Å². The molecule has 22 heavy (non-hydrogen) atoms. The van der Waals surface area contributed by atoms with E-state index in [0.29, 0.717) is 12.3 Å². The molecule has 4 rings (SSSR count). The Hall–Kier alpha value is -2.43. The lowest BCUT2D eigenvalue weighted by Gasteiger charge is -2.26. The van der Waals surface area contributed by atoms with Crippen molar-refractivity contribution < 1.29 is 4.79 Å². The van der Waals surface area contributed by atoms with E-state index < -0.39 is 0 Å². The molecule has 0 atom stereocenters. The highest BCUT2D eigenvalue weighted by molar-refractivity contribution is 5.96. The molecule has 0 unspecified atom stereocenters. The van der Waals surface area contributed by atoms with Gasteiger partial charge >= 0.3 is 0 Å². The molecule has 1 aliphatic heterocycles. The fourth-order valence-electron chi connectivity index (χ4n) is 2.86. The minimum Gasteiger partial charge on any atom is -0.340 e. The normalized spacial score (nSPS) is 17.3. The minimum atomic E-state index is 0.179. The van der Waals surface area contributed by atoms with E-state index in [-0.39, 0.29) is 5.91 Å². The summed E-state index contributed by atoms with van der Waals surface area (Å²) in [4.78, 5) is 22.4. The summed E-state index contributed by atoms with van der Waals surface area (Å²) in [7, 11) is 1.83. The number of anilines is 3. The summed E-state index contributed by atoms with van der Waals surface area (Å²) in [6, 6.07) is 7.99. The van der Waals surface area contributed by atoms with Gasteiger partial charge in [0, 0.05) is 37.0 Å². The number of aryl methyl sites for hydroxylation is 1. The first-order valence-electron chi connectivity index (χ1n) is 7.70. The van der Waals surface area contributed by atoms with Crippen molar-refractivity contribution in [2.45, 2.75) is 31.6 Å². The number of carbonyl (C=O) groups excluding carboxylic acids is 1. The van der Waals surface area contributed by atoms with Gasteiger partial charge in [-0.25, -0.2) is 9.97 Å². The molecule has 5 nitrogen and oxygen atoms in total. The van der Waals surface area contributed by atoms with E-state index >= 15 is 0 Å². The van der Waals surface area contributed by atoms with Gasteiger partial charge in [0.15, 0.2) is 0 Å². The number of nitrogens with zero attached hydrogens (tertiary/aromatic N) is 3. The van der Waals surface area contributed by atoms with Crippen LogP contribution in [0.3, 0.4) is 0 Å². The number of carbonyl (C=O) groups is 1. The molecule has 112 valence electrons. The number of rotatable bonds is 3. The summed E-state index contributed by atoms with van der Waals surface area (Å²) in [6.07, 6.45) is 5.58. The molecule has 1 fully saturated rings. The van der Waals surface area contributed by atoms with Crippen LogP contribution in [0.5, 0.6) is 0 Å². The molecule has 1 aromatic heterocycles. The van der Waals surface area contributed by atoms with Crippen molar-refractivity contribution >= 4 is 23.1 Å². The van der Waals surface area contributed by atoms with E-state index in [0.717, 1.165) is 29.4 Å². The first-order valence-corrected chi connectivity index (χ1v) is 7.70. The third kappa shape index (κ3) is 2.43. The van der Waals surface area contributed by atoms with Gasteiger partial charge in [0.25, 0.3) is 0 Å². The maximum Gasteiger partial charge on any atom is 0.227 e. The fourth-order valence-corrected chi connectivity index (χ4v) is 2.86. The highest BCUT2D eigenvalue weighted by atomic mass is 16.2. The summed E-state index contributed by atoms with van der Waals surface area (Å²) < 4.78 is 0. The van der Waals surface area contributed by atoms with Crippen LogP contribution >= 0.6 is 0 Å². The SMILES string of the molecule is CN1C(=O)CCc2cc(Nc3ccnc(C4CC4)n3)ccc21. The van der Waals surface area contributed by atoms with Crippen molar-refractivity contribution in [3.63, 3.8) is 0 Å². The molecular formula is C17H18N4O. The van der Waals surface area contributed by atoms with E-state index in [1.807, 2.05) is 31.4 Å². The van der Waals surface area contributed by atoms with Crippen LogP contribution in [0.4, 0.5) is 17.2 Å². The van der Waals surface area contributed by atoms with Crippen molar-refractivity contribution in [3.05, 3.63) is 41.9 Å². The average molecular weight is 294 g/mol. The summed E-state index contributed by atoms with van der Waals surface area (Å²) in [6.45, 7) is 0. The highest BCUT2D eigenvalue weighted by Gasteiger charge is 2.26. The Morgan fingerprint density at radius 2 is 2.09 bits per heavy atom. The lowest BCUT2D eigenvalue weighted by atomic mass is 10.0. The number of hydrogen-bond donors (Lipinski definition) is 1. The largest absolute Gasteiger partial charge is 0.340 e. The Labute approximate surface area is 129 Å². The number of nitrogens with one attached hydrogen (secondary N) is 1. The van der Waals surface area contributed by atoms with Crippen molar-refractivity contribution in [2.75, 3.05) is 17.3 Å². The first-order chi connectivity index (χ1) is 10.7. The van der Waals surface area contributed by atoms with Crippen LogP contribution in [0.15, 0.2) is 30.5 Å². The van der Waals surface area contributed by atoms with E-state index in [4.69, 9.17) is 0 Å². The zero-order chi connectivity index (χ0) is 15.1. The predicted molar refractivity (Wildman–Crippen MR) is 85.5 cm³/mol. The van der Waals surface area contributed by atoms with Crippen LogP contribution in [-0.2, 0) is 11.2 Å². The molecule has 0 saturated heterocycles. The zero-order valence-electron chi connectivity index (χ0n) is 12.5. The lowest BCUT2D eigenvalue weighted by molar-refractivity contribution is -0.118. The zero-order valence-corrected chi connectivity index (χ0v) is 12.5. The Kier molecular flexibility index (Phi) is 3.06. The monoisotopic (exact) mass is 294 g/mol. The molecule has 1 amide bonds. The van der Waals surface area contributed by atoms with E-state index in [1.54, 1.807) is 4.90 Å². The van der Waals surface area contributed by atoms with Gasteiger partial charge in [0.05, 0.1) is 0 Å². The van der Waals surface area contributed by atoms with Gasteiger partial charge in [0.1, 0.15) is 11.6 Å². The van der Waals surface area contributed by atoms with Gasteiger partial charge in [-0.15, -0.1) is 0 Å². The molecule has 5 heteroatoms. The molecule has 0 bridgehead atoms. The second-order valence-electron chi connectivity index (χ2n) is 6.00. The second kappa shape index (κ2) is 5.09. The summed E-state index contributed by atoms with van der Waals surface area (Å²) >= 11 is 0. The Balaban J connectivity index is 1.58.